The highest BCUT2D eigenvalue weighted by molar-refractivity contribution is 4.96. The molecule has 5 heteroatoms. The minimum absolute atomic E-state index is 0.0834. The van der Waals surface area contributed by atoms with Crippen molar-refractivity contribution in [3.8, 4) is 0 Å². The fraction of sp³-hybridized carbons (Fsp3) is 1.00. The number of aliphatic hydroxyl groups excluding tert-OH is 1. The third-order valence-electron chi connectivity index (χ3n) is 3.57. The minimum atomic E-state index is -0.809. The maximum atomic E-state index is 9.68. The van der Waals surface area contributed by atoms with E-state index in [1.165, 1.54) is 0 Å². The van der Waals surface area contributed by atoms with E-state index >= 15 is 0 Å². The standard InChI is InChI=1S/C10H17NO4/c1-6-8-7(2-4-13-6)11-3-5-14-10(12)9(11)15-8/h6-10,12H,2-5H2,1H3/t6-,7-,8+,9+,10-/m0/s1. The van der Waals surface area contributed by atoms with Crippen molar-refractivity contribution in [3.63, 3.8) is 0 Å². The molecule has 5 nitrogen and oxygen atoms in total. The lowest BCUT2D eigenvalue weighted by Crippen LogP contribution is -2.52. The number of hydrogen-bond acceptors (Lipinski definition) is 5. The topological polar surface area (TPSA) is 51.2 Å². The Morgan fingerprint density at radius 3 is 3.00 bits per heavy atom. The Hall–Kier alpha value is -0.200. The average Bonchev–Trinajstić information content (AvgIpc) is 2.60. The molecular formula is C10H17NO4. The van der Waals surface area contributed by atoms with Crippen LogP contribution < -0.4 is 0 Å². The van der Waals surface area contributed by atoms with E-state index in [2.05, 4.69) is 4.90 Å². The van der Waals surface area contributed by atoms with Crippen molar-refractivity contribution >= 4 is 0 Å². The first kappa shape index (κ1) is 9.99. The van der Waals surface area contributed by atoms with Gasteiger partial charge in [0.2, 0.25) is 0 Å². The van der Waals surface area contributed by atoms with Crippen molar-refractivity contribution < 1.29 is 19.3 Å². The van der Waals surface area contributed by atoms with Gasteiger partial charge in [-0.1, -0.05) is 0 Å². The van der Waals surface area contributed by atoms with Crippen molar-refractivity contribution in [2.75, 3.05) is 19.8 Å². The van der Waals surface area contributed by atoms with Gasteiger partial charge in [-0.05, 0) is 13.3 Å². The van der Waals surface area contributed by atoms with Crippen LogP contribution in [-0.2, 0) is 14.2 Å². The summed E-state index contributed by atoms with van der Waals surface area (Å²) in [5.41, 5.74) is 0. The third-order valence-corrected chi connectivity index (χ3v) is 3.57. The number of aliphatic hydroxyl groups is 1. The van der Waals surface area contributed by atoms with Crippen molar-refractivity contribution in [2.45, 2.75) is 44.1 Å². The first-order valence-electron chi connectivity index (χ1n) is 5.60. The Kier molecular flexibility index (Phi) is 2.45. The van der Waals surface area contributed by atoms with E-state index in [1.807, 2.05) is 6.92 Å². The summed E-state index contributed by atoms with van der Waals surface area (Å²) < 4.78 is 16.6. The highest BCUT2D eigenvalue weighted by atomic mass is 16.7. The van der Waals surface area contributed by atoms with Crippen LogP contribution in [-0.4, -0.2) is 60.5 Å². The molecule has 15 heavy (non-hydrogen) atoms. The molecule has 0 aliphatic carbocycles. The second kappa shape index (κ2) is 3.68. The van der Waals surface area contributed by atoms with Gasteiger partial charge in [-0.2, -0.15) is 0 Å². The fourth-order valence-electron chi connectivity index (χ4n) is 2.82. The number of hydrogen-bond donors (Lipinski definition) is 1. The number of morpholine rings is 1. The normalized spacial score (nSPS) is 51.2. The summed E-state index contributed by atoms with van der Waals surface area (Å²) >= 11 is 0. The van der Waals surface area contributed by atoms with Gasteiger partial charge < -0.3 is 19.3 Å². The van der Waals surface area contributed by atoms with Crippen molar-refractivity contribution in [1.82, 2.24) is 4.90 Å². The molecule has 86 valence electrons. The molecule has 0 saturated carbocycles. The highest BCUT2D eigenvalue weighted by Gasteiger charge is 2.50. The van der Waals surface area contributed by atoms with Crippen LogP contribution >= 0.6 is 0 Å². The maximum Gasteiger partial charge on any atom is 0.195 e. The first-order chi connectivity index (χ1) is 7.27. The molecular weight excluding hydrogens is 198 g/mol. The summed E-state index contributed by atoms with van der Waals surface area (Å²) in [6.45, 7) is 4.24. The summed E-state index contributed by atoms with van der Waals surface area (Å²) in [7, 11) is 0. The molecule has 1 N–H and O–H groups in total. The Morgan fingerprint density at radius 2 is 2.13 bits per heavy atom. The summed E-state index contributed by atoms with van der Waals surface area (Å²) in [5.74, 6) is 0. The largest absolute Gasteiger partial charge is 0.376 e. The van der Waals surface area contributed by atoms with Gasteiger partial charge >= 0.3 is 0 Å². The smallest absolute Gasteiger partial charge is 0.195 e. The molecule has 3 rings (SSSR count). The Balaban J connectivity index is 1.81. The van der Waals surface area contributed by atoms with Gasteiger partial charge in [0.05, 0.1) is 12.7 Å². The zero-order chi connectivity index (χ0) is 10.4. The molecule has 3 saturated heterocycles. The molecule has 0 bridgehead atoms. The summed E-state index contributed by atoms with van der Waals surface area (Å²) in [5, 5.41) is 9.68. The van der Waals surface area contributed by atoms with Gasteiger partial charge in [0, 0.05) is 19.2 Å². The van der Waals surface area contributed by atoms with Crippen molar-refractivity contribution in [2.24, 2.45) is 0 Å². The molecule has 0 unspecified atom stereocenters. The third kappa shape index (κ3) is 1.50. The summed E-state index contributed by atoms with van der Waals surface area (Å²) in [4.78, 5) is 2.22. The maximum absolute atomic E-state index is 9.68. The van der Waals surface area contributed by atoms with Gasteiger partial charge in [-0.25, -0.2) is 0 Å². The molecule has 5 atom stereocenters. The zero-order valence-corrected chi connectivity index (χ0v) is 8.83. The number of nitrogens with zero attached hydrogens (tertiary/aromatic N) is 1. The van der Waals surface area contributed by atoms with E-state index in [0.29, 0.717) is 12.6 Å². The molecule has 3 heterocycles. The van der Waals surface area contributed by atoms with E-state index in [4.69, 9.17) is 14.2 Å². The number of ether oxygens (including phenoxy) is 3. The van der Waals surface area contributed by atoms with Crippen molar-refractivity contribution in [1.29, 1.82) is 0 Å². The lowest BCUT2D eigenvalue weighted by Gasteiger charge is -2.36. The molecule has 3 aliphatic heterocycles. The van der Waals surface area contributed by atoms with Crippen LogP contribution in [0.2, 0.25) is 0 Å². The van der Waals surface area contributed by atoms with Crippen LogP contribution in [0, 0.1) is 0 Å². The number of rotatable bonds is 0. The van der Waals surface area contributed by atoms with Crippen LogP contribution in [0.25, 0.3) is 0 Å². The minimum Gasteiger partial charge on any atom is -0.376 e. The van der Waals surface area contributed by atoms with Crippen LogP contribution in [0.1, 0.15) is 13.3 Å². The fourth-order valence-corrected chi connectivity index (χ4v) is 2.82. The van der Waals surface area contributed by atoms with Crippen molar-refractivity contribution in [3.05, 3.63) is 0 Å². The van der Waals surface area contributed by atoms with Crippen LogP contribution in [0.5, 0.6) is 0 Å². The van der Waals surface area contributed by atoms with Gasteiger partial charge in [0.15, 0.2) is 12.5 Å². The number of fused-ring (bicyclic) bond motifs is 3. The van der Waals surface area contributed by atoms with E-state index in [-0.39, 0.29) is 18.4 Å². The Morgan fingerprint density at radius 1 is 1.27 bits per heavy atom. The van der Waals surface area contributed by atoms with E-state index in [0.717, 1.165) is 19.6 Å². The Bertz CT molecular complexity index is 226. The van der Waals surface area contributed by atoms with E-state index in [1.54, 1.807) is 0 Å². The molecule has 3 aliphatic rings. The average molecular weight is 215 g/mol. The lowest BCUT2D eigenvalue weighted by molar-refractivity contribution is -0.234. The van der Waals surface area contributed by atoms with Gasteiger partial charge in [-0.15, -0.1) is 0 Å². The predicted octanol–water partition coefficient (Wildman–Crippen LogP) is -0.461. The molecule has 3 fully saturated rings. The zero-order valence-electron chi connectivity index (χ0n) is 8.83. The van der Waals surface area contributed by atoms with E-state index in [9.17, 15) is 5.11 Å². The quantitative estimate of drug-likeness (QED) is 0.592. The Labute approximate surface area is 88.9 Å². The predicted molar refractivity (Wildman–Crippen MR) is 51.1 cm³/mol. The summed E-state index contributed by atoms with van der Waals surface area (Å²) in [6, 6.07) is 0.386. The highest BCUT2D eigenvalue weighted by Crippen LogP contribution is 2.34. The second-order valence-corrected chi connectivity index (χ2v) is 4.42. The van der Waals surface area contributed by atoms with Gasteiger partial charge in [0.25, 0.3) is 0 Å². The second-order valence-electron chi connectivity index (χ2n) is 4.42. The first-order valence-corrected chi connectivity index (χ1v) is 5.60. The van der Waals surface area contributed by atoms with Crippen LogP contribution in [0.15, 0.2) is 0 Å². The van der Waals surface area contributed by atoms with Crippen LogP contribution in [0.3, 0.4) is 0 Å². The lowest BCUT2D eigenvalue weighted by atomic mass is 10.0. The van der Waals surface area contributed by atoms with Gasteiger partial charge in [0.1, 0.15) is 6.10 Å². The summed E-state index contributed by atoms with van der Waals surface area (Å²) in [6.07, 6.45) is 0.0780. The molecule has 0 amide bonds. The van der Waals surface area contributed by atoms with E-state index < -0.39 is 6.29 Å². The molecule has 0 aromatic carbocycles. The molecule has 0 aromatic rings. The van der Waals surface area contributed by atoms with Gasteiger partial charge in [-0.3, -0.25) is 4.90 Å². The molecule has 0 aromatic heterocycles. The molecule has 0 spiro atoms. The SMILES string of the molecule is C[C@@H]1OCC[C@H]2[C@@H]1O[C@@H]1[C@@H](O)OCCN12. The monoisotopic (exact) mass is 215 g/mol. The molecule has 0 radical (unpaired) electrons. The van der Waals surface area contributed by atoms with Crippen LogP contribution in [0.4, 0.5) is 0 Å².